The Kier molecular flexibility index (Phi) is 3.88. The number of rotatable bonds is 2. The van der Waals surface area contributed by atoms with Crippen LogP contribution < -0.4 is 4.90 Å². The molecule has 4 nitrogen and oxygen atoms in total. The molecule has 2 aliphatic rings. The lowest BCUT2D eigenvalue weighted by molar-refractivity contribution is -0.116. The molecule has 112 valence electrons. The lowest BCUT2D eigenvalue weighted by Gasteiger charge is -2.17. The summed E-state index contributed by atoms with van der Waals surface area (Å²) in [4.78, 5) is 26.1. The molecule has 2 unspecified atom stereocenters. The summed E-state index contributed by atoms with van der Waals surface area (Å²) in [5.74, 6) is 0.0400. The van der Waals surface area contributed by atoms with Gasteiger partial charge in [-0.2, -0.15) is 0 Å². The van der Waals surface area contributed by atoms with Crippen LogP contribution in [0.3, 0.4) is 0 Å². The van der Waals surface area contributed by atoms with E-state index in [1.54, 1.807) is 11.8 Å². The summed E-state index contributed by atoms with van der Waals surface area (Å²) >= 11 is 3.50. The largest absolute Gasteiger partial charge is 0.378 e. The molecule has 2 atom stereocenters. The zero-order chi connectivity index (χ0) is 15.1. The second-order valence-electron chi connectivity index (χ2n) is 5.82. The first-order valence-electron chi connectivity index (χ1n) is 7.23. The maximum atomic E-state index is 12.7. The molecule has 0 radical (unpaired) electrons. The van der Waals surface area contributed by atoms with E-state index in [9.17, 15) is 9.59 Å². The molecular formula is C16H18BrNO3. The normalized spacial score (nSPS) is 24.2. The highest BCUT2D eigenvalue weighted by Crippen LogP contribution is 2.35. The number of carbonyl (C=O) groups is 2. The molecule has 0 aliphatic carbocycles. The van der Waals surface area contributed by atoms with Crippen molar-refractivity contribution >= 4 is 33.3 Å². The Bertz CT molecular complexity index is 614. The molecule has 21 heavy (non-hydrogen) atoms. The van der Waals surface area contributed by atoms with Crippen molar-refractivity contribution in [2.24, 2.45) is 5.92 Å². The van der Waals surface area contributed by atoms with Crippen molar-refractivity contribution in [3.05, 3.63) is 27.7 Å². The number of halogens is 1. The molecule has 0 spiro atoms. The van der Waals surface area contributed by atoms with Crippen LogP contribution in [0, 0.1) is 5.92 Å². The highest BCUT2D eigenvalue weighted by Gasteiger charge is 2.32. The van der Waals surface area contributed by atoms with Crippen molar-refractivity contribution in [3.63, 3.8) is 0 Å². The molecular weight excluding hydrogens is 334 g/mol. The van der Waals surface area contributed by atoms with Crippen LogP contribution in [0.5, 0.6) is 0 Å². The van der Waals surface area contributed by atoms with Crippen LogP contribution in [-0.4, -0.2) is 30.9 Å². The molecule has 0 bridgehead atoms. The van der Waals surface area contributed by atoms with E-state index in [0.717, 1.165) is 28.6 Å². The smallest absolute Gasteiger partial charge is 0.223 e. The molecule has 2 aliphatic heterocycles. The molecule has 1 fully saturated rings. The maximum absolute atomic E-state index is 12.7. The predicted octanol–water partition coefficient (Wildman–Crippen LogP) is 2.97. The van der Waals surface area contributed by atoms with Gasteiger partial charge in [0.15, 0.2) is 5.78 Å². The van der Waals surface area contributed by atoms with Crippen LogP contribution in [-0.2, 0) is 16.0 Å². The molecule has 2 heterocycles. The summed E-state index contributed by atoms with van der Waals surface area (Å²) in [7, 11) is 0. The monoisotopic (exact) mass is 351 g/mol. The minimum atomic E-state index is -0.0819. The van der Waals surface area contributed by atoms with Gasteiger partial charge in [-0.25, -0.2) is 0 Å². The Hall–Kier alpha value is -1.20. The van der Waals surface area contributed by atoms with E-state index in [4.69, 9.17) is 4.74 Å². The number of hydrogen-bond acceptors (Lipinski definition) is 3. The van der Waals surface area contributed by atoms with Crippen molar-refractivity contribution in [1.82, 2.24) is 0 Å². The van der Waals surface area contributed by atoms with Crippen LogP contribution >= 0.6 is 15.9 Å². The number of ether oxygens (including phenoxy) is 1. The summed E-state index contributed by atoms with van der Waals surface area (Å²) in [5.41, 5.74) is 2.65. The van der Waals surface area contributed by atoms with E-state index in [0.29, 0.717) is 18.7 Å². The summed E-state index contributed by atoms with van der Waals surface area (Å²) in [6.45, 7) is 4.73. The molecule has 0 aromatic heterocycles. The molecule has 1 aromatic rings. The minimum absolute atomic E-state index is 0.0206. The van der Waals surface area contributed by atoms with E-state index < -0.39 is 0 Å². The summed E-state index contributed by atoms with van der Waals surface area (Å²) < 4.78 is 6.32. The Morgan fingerprint density at radius 2 is 2.14 bits per heavy atom. The zero-order valence-corrected chi connectivity index (χ0v) is 13.8. The lowest BCUT2D eigenvalue weighted by atomic mass is 9.94. The van der Waals surface area contributed by atoms with Gasteiger partial charge in [-0.3, -0.25) is 9.59 Å². The van der Waals surface area contributed by atoms with Crippen molar-refractivity contribution < 1.29 is 14.3 Å². The Morgan fingerprint density at radius 1 is 1.38 bits per heavy atom. The van der Waals surface area contributed by atoms with E-state index in [-0.39, 0.29) is 23.7 Å². The molecule has 3 rings (SSSR count). The number of anilines is 1. The molecule has 1 amide bonds. The van der Waals surface area contributed by atoms with Crippen molar-refractivity contribution in [2.45, 2.75) is 32.8 Å². The Morgan fingerprint density at radius 3 is 2.76 bits per heavy atom. The average molecular weight is 352 g/mol. The minimum Gasteiger partial charge on any atom is -0.378 e. The third kappa shape index (κ3) is 2.64. The van der Waals surface area contributed by atoms with Crippen LogP contribution in [0.15, 0.2) is 16.6 Å². The topological polar surface area (TPSA) is 46.6 Å². The van der Waals surface area contributed by atoms with E-state index in [2.05, 4.69) is 15.9 Å². The SMILES string of the molecule is CC(=O)N1CCc2cc(Br)c(C(=O)C3COC(C)C3)cc21. The van der Waals surface area contributed by atoms with Gasteiger partial charge in [0, 0.05) is 35.1 Å². The van der Waals surface area contributed by atoms with Crippen molar-refractivity contribution in [2.75, 3.05) is 18.1 Å². The van der Waals surface area contributed by atoms with Crippen LogP contribution in [0.1, 0.15) is 36.2 Å². The summed E-state index contributed by atoms with van der Waals surface area (Å²) in [6, 6.07) is 3.84. The number of hydrogen-bond donors (Lipinski definition) is 0. The van der Waals surface area contributed by atoms with E-state index in [1.165, 1.54) is 0 Å². The number of amides is 1. The van der Waals surface area contributed by atoms with Gasteiger partial charge in [-0.1, -0.05) is 15.9 Å². The third-order valence-electron chi connectivity index (χ3n) is 4.28. The van der Waals surface area contributed by atoms with E-state index >= 15 is 0 Å². The number of Topliss-reactive ketones (excluding diaryl/α,β-unsaturated/α-hetero) is 1. The van der Waals surface area contributed by atoms with Gasteiger partial charge in [0.05, 0.1) is 12.7 Å². The predicted molar refractivity (Wildman–Crippen MR) is 83.7 cm³/mol. The van der Waals surface area contributed by atoms with Crippen LogP contribution in [0.25, 0.3) is 0 Å². The van der Waals surface area contributed by atoms with Crippen molar-refractivity contribution in [1.29, 1.82) is 0 Å². The molecule has 1 saturated heterocycles. The maximum Gasteiger partial charge on any atom is 0.223 e. The number of carbonyl (C=O) groups excluding carboxylic acids is 2. The fourth-order valence-electron chi connectivity index (χ4n) is 3.14. The lowest BCUT2D eigenvalue weighted by Crippen LogP contribution is -2.26. The fraction of sp³-hybridized carbons (Fsp3) is 0.500. The Labute approximate surface area is 132 Å². The number of nitrogens with zero attached hydrogens (tertiary/aromatic N) is 1. The average Bonchev–Trinajstić information content (AvgIpc) is 3.02. The Balaban J connectivity index is 1.95. The number of ketones is 1. The van der Waals surface area contributed by atoms with Gasteiger partial charge in [0.25, 0.3) is 0 Å². The first-order valence-corrected chi connectivity index (χ1v) is 8.03. The van der Waals surface area contributed by atoms with Crippen LogP contribution in [0.2, 0.25) is 0 Å². The zero-order valence-electron chi connectivity index (χ0n) is 12.2. The third-order valence-corrected chi connectivity index (χ3v) is 4.93. The molecule has 1 aromatic carbocycles. The quantitative estimate of drug-likeness (QED) is 0.769. The number of benzene rings is 1. The van der Waals surface area contributed by atoms with E-state index in [1.807, 2.05) is 19.1 Å². The fourth-order valence-corrected chi connectivity index (χ4v) is 3.73. The van der Waals surface area contributed by atoms with Gasteiger partial charge in [0.2, 0.25) is 5.91 Å². The molecule has 0 saturated carbocycles. The van der Waals surface area contributed by atoms with Gasteiger partial charge < -0.3 is 9.64 Å². The second kappa shape index (κ2) is 5.54. The second-order valence-corrected chi connectivity index (χ2v) is 6.68. The first-order chi connectivity index (χ1) is 9.97. The standard InChI is InChI=1S/C16H18BrNO3/c1-9-5-12(8-21-9)16(20)13-7-15-11(6-14(13)17)3-4-18(15)10(2)19/h6-7,9,12H,3-5,8H2,1-2H3. The highest BCUT2D eigenvalue weighted by atomic mass is 79.9. The van der Waals surface area contributed by atoms with Gasteiger partial charge in [-0.15, -0.1) is 0 Å². The van der Waals surface area contributed by atoms with Gasteiger partial charge in [-0.05, 0) is 37.5 Å². The van der Waals surface area contributed by atoms with Gasteiger partial charge in [0.1, 0.15) is 0 Å². The van der Waals surface area contributed by atoms with Crippen LogP contribution in [0.4, 0.5) is 5.69 Å². The summed E-state index contributed by atoms with van der Waals surface area (Å²) in [6.07, 6.45) is 1.74. The summed E-state index contributed by atoms with van der Waals surface area (Å²) in [5, 5.41) is 0. The highest BCUT2D eigenvalue weighted by molar-refractivity contribution is 9.10. The van der Waals surface area contributed by atoms with Crippen molar-refractivity contribution in [3.8, 4) is 0 Å². The first kappa shape index (κ1) is 14.7. The number of fused-ring (bicyclic) bond motifs is 1. The van der Waals surface area contributed by atoms with Gasteiger partial charge >= 0.3 is 0 Å². The molecule has 0 N–H and O–H groups in total. The molecule has 5 heteroatoms.